The van der Waals surface area contributed by atoms with E-state index in [0.29, 0.717) is 17.7 Å². The van der Waals surface area contributed by atoms with E-state index in [1.807, 2.05) is 25.1 Å². The quantitative estimate of drug-likeness (QED) is 0.742. The Balaban J connectivity index is 1.66. The number of esters is 1. The van der Waals surface area contributed by atoms with Gasteiger partial charge >= 0.3 is 5.97 Å². The zero-order valence-corrected chi connectivity index (χ0v) is 13.3. The SMILES string of the molecule is C[C@@H]1CC2=C(O[C@H]1c1ccc3c(c1)OCO3)OC(C)(C)OC2=O. The van der Waals surface area contributed by atoms with Crippen molar-refractivity contribution in [3.8, 4) is 11.5 Å². The predicted molar refractivity (Wildman–Crippen MR) is 78.5 cm³/mol. The molecule has 0 bridgehead atoms. The summed E-state index contributed by atoms with van der Waals surface area (Å²) in [6.45, 7) is 5.64. The molecule has 0 radical (unpaired) electrons. The van der Waals surface area contributed by atoms with Gasteiger partial charge in [-0.05, 0) is 24.1 Å². The highest BCUT2D eigenvalue weighted by molar-refractivity contribution is 5.89. The summed E-state index contributed by atoms with van der Waals surface area (Å²) < 4.78 is 27.7. The minimum atomic E-state index is -1.02. The molecule has 122 valence electrons. The van der Waals surface area contributed by atoms with Crippen LogP contribution in [-0.2, 0) is 19.0 Å². The number of ether oxygens (including phenoxy) is 5. The van der Waals surface area contributed by atoms with Crippen LogP contribution in [0.2, 0.25) is 0 Å². The number of carbonyl (C=O) groups is 1. The highest BCUT2D eigenvalue weighted by Gasteiger charge is 2.43. The Morgan fingerprint density at radius 3 is 2.74 bits per heavy atom. The van der Waals surface area contributed by atoms with Crippen molar-refractivity contribution in [2.24, 2.45) is 5.92 Å². The average molecular weight is 318 g/mol. The van der Waals surface area contributed by atoms with E-state index in [1.54, 1.807) is 13.8 Å². The van der Waals surface area contributed by atoms with Gasteiger partial charge in [0, 0.05) is 19.8 Å². The van der Waals surface area contributed by atoms with Gasteiger partial charge in [0.2, 0.25) is 6.79 Å². The molecule has 0 saturated heterocycles. The van der Waals surface area contributed by atoms with E-state index in [1.165, 1.54) is 0 Å². The van der Waals surface area contributed by atoms with Crippen LogP contribution in [0.15, 0.2) is 29.7 Å². The van der Waals surface area contributed by atoms with E-state index in [2.05, 4.69) is 0 Å². The molecule has 0 spiro atoms. The summed E-state index contributed by atoms with van der Waals surface area (Å²) >= 11 is 0. The highest BCUT2D eigenvalue weighted by atomic mass is 16.8. The molecule has 6 nitrogen and oxygen atoms in total. The number of benzene rings is 1. The molecule has 3 heterocycles. The van der Waals surface area contributed by atoms with Crippen LogP contribution in [0.4, 0.5) is 0 Å². The molecule has 6 heteroatoms. The Kier molecular flexibility index (Phi) is 2.98. The molecule has 0 unspecified atom stereocenters. The van der Waals surface area contributed by atoms with Gasteiger partial charge < -0.3 is 23.7 Å². The second kappa shape index (κ2) is 4.81. The third-order valence-corrected chi connectivity index (χ3v) is 4.17. The van der Waals surface area contributed by atoms with E-state index in [-0.39, 0.29) is 30.7 Å². The van der Waals surface area contributed by atoms with Crippen LogP contribution >= 0.6 is 0 Å². The maximum Gasteiger partial charge on any atom is 0.344 e. The molecule has 0 aliphatic carbocycles. The maximum atomic E-state index is 12.1. The molecule has 23 heavy (non-hydrogen) atoms. The topological polar surface area (TPSA) is 63.2 Å². The van der Waals surface area contributed by atoms with Crippen molar-refractivity contribution < 1.29 is 28.5 Å². The molecule has 3 aliphatic rings. The third kappa shape index (κ3) is 2.38. The summed E-state index contributed by atoms with van der Waals surface area (Å²) in [5.74, 6) is 0.430. The Hall–Kier alpha value is -2.37. The first-order chi connectivity index (χ1) is 10.9. The number of fused-ring (bicyclic) bond motifs is 1. The van der Waals surface area contributed by atoms with Crippen molar-refractivity contribution in [3.05, 3.63) is 35.3 Å². The summed E-state index contributed by atoms with van der Waals surface area (Å²) in [6, 6.07) is 5.74. The number of hydrogen-bond donors (Lipinski definition) is 0. The van der Waals surface area contributed by atoms with Crippen molar-refractivity contribution in [1.29, 1.82) is 0 Å². The van der Waals surface area contributed by atoms with Gasteiger partial charge in [0.15, 0.2) is 11.5 Å². The molecule has 0 saturated carbocycles. The summed E-state index contributed by atoms with van der Waals surface area (Å²) in [5, 5.41) is 0. The lowest BCUT2D eigenvalue weighted by Crippen LogP contribution is -2.40. The van der Waals surface area contributed by atoms with E-state index in [4.69, 9.17) is 23.7 Å². The van der Waals surface area contributed by atoms with Crippen molar-refractivity contribution in [2.45, 2.75) is 39.1 Å². The van der Waals surface area contributed by atoms with E-state index < -0.39 is 5.79 Å². The van der Waals surface area contributed by atoms with Crippen LogP contribution in [0.5, 0.6) is 11.5 Å². The van der Waals surface area contributed by atoms with Crippen LogP contribution in [0, 0.1) is 5.92 Å². The predicted octanol–water partition coefficient (Wildman–Crippen LogP) is 3.03. The van der Waals surface area contributed by atoms with Gasteiger partial charge in [0.05, 0.1) is 0 Å². The largest absolute Gasteiger partial charge is 0.456 e. The van der Waals surface area contributed by atoms with Crippen LogP contribution in [-0.4, -0.2) is 18.5 Å². The normalized spacial score (nSPS) is 27.7. The number of cyclic esters (lactones) is 1. The van der Waals surface area contributed by atoms with Crippen LogP contribution in [0.25, 0.3) is 0 Å². The van der Waals surface area contributed by atoms with Crippen molar-refractivity contribution in [3.63, 3.8) is 0 Å². The van der Waals surface area contributed by atoms with Gasteiger partial charge in [-0.15, -0.1) is 0 Å². The fourth-order valence-electron chi connectivity index (χ4n) is 3.08. The standard InChI is InChI=1S/C17H18O6/c1-9-6-11-15(18)22-17(2,3)23-16(11)21-14(9)10-4-5-12-13(7-10)20-8-19-12/h4-5,7,9,14H,6,8H2,1-3H3/t9-,14-/m1/s1. The molecule has 0 amide bonds. The number of rotatable bonds is 1. The smallest absolute Gasteiger partial charge is 0.344 e. The maximum absolute atomic E-state index is 12.1. The molecule has 1 aromatic rings. The summed E-state index contributed by atoms with van der Waals surface area (Å²) in [4.78, 5) is 12.1. The Bertz CT molecular complexity index is 705. The molecule has 4 rings (SSSR count). The zero-order chi connectivity index (χ0) is 16.2. The minimum Gasteiger partial charge on any atom is -0.456 e. The van der Waals surface area contributed by atoms with Crippen LogP contribution < -0.4 is 9.47 Å². The molecule has 0 fully saturated rings. The summed E-state index contributed by atoms with van der Waals surface area (Å²) in [7, 11) is 0. The van der Waals surface area contributed by atoms with Gasteiger partial charge in [-0.1, -0.05) is 13.0 Å². The first-order valence-electron chi connectivity index (χ1n) is 7.65. The lowest BCUT2D eigenvalue weighted by Gasteiger charge is -2.39. The lowest BCUT2D eigenvalue weighted by molar-refractivity contribution is -0.237. The van der Waals surface area contributed by atoms with Gasteiger partial charge in [-0.2, -0.15) is 0 Å². The second-order valence-corrected chi connectivity index (χ2v) is 6.49. The first-order valence-corrected chi connectivity index (χ1v) is 7.65. The van der Waals surface area contributed by atoms with Crippen LogP contribution in [0.3, 0.4) is 0 Å². The lowest BCUT2D eigenvalue weighted by atomic mass is 9.89. The Morgan fingerprint density at radius 1 is 1.13 bits per heavy atom. The molecule has 0 N–H and O–H groups in total. The molecular formula is C17H18O6. The van der Waals surface area contributed by atoms with Crippen molar-refractivity contribution >= 4 is 5.97 Å². The Morgan fingerprint density at radius 2 is 1.91 bits per heavy atom. The molecular weight excluding hydrogens is 300 g/mol. The number of carbonyl (C=O) groups excluding carboxylic acids is 1. The average Bonchev–Trinajstić information content (AvgIpc) is 2.94. The fraction of sp³-hybridized carbons (Fsp3) is 0.471. The summed E-state index contributed by atoms with van der Waals surface area (Å²) in [6.07, 6.45) is 0.327. The van der Waals surface area contributed by atoms with E-state index in [0.717, 1.165) is 11.3 Å². The van der Waals surface area contributed by atoms with Crippen molar-refractivity contribution in [1.82, 2.24) is 0 Å². The van der Waals surface area contributed by atoms with Gasteiger partial charge in [-0.3, -0.25) is 0 Å². The van der Waals surface area contributed by atoms with Gasteiger partial charge in [0.1, 0.15) is 11.7 Å². The van der Waals surface area contributed by atoms with E-state index >= 15 is 0 Å². The second-order valence-electron chi connectivity index (χ2n) is 6.49. The first kappa shape index (κ1) is 14.2. The molecule has 0 aromatic heterocycles. The fourth-order valence-corrected chi connectivity index (χ4v) is 3.08. The minimum absolute atomic E-state index is 0.103. The Labute approximate surface area is 133 Å². The molecule has 3 aliphatic heterocycles. The third-order valence-electron chi connectivity index (χ3n) is 4.17. The molecule has 2 atom stereocenters. The molecule has 1 aromatic carbocycles. The van der Waals surface area contributed by atoms with Gasteiger partial charge in [0.25, 0.3) is 11.7 Å². The zero-order valence-electron chi connectivity index (χ0n) is 13.3. The number of hydrogen-bond acceptors (Lipinski definition) is 6. The monoisotopic (exact) mass is 318 g/mol. The van der Waals surface area contributed by atoms with Gasteiger partial charge in [-0.25, -0.2) is 4.79 Å². The van der Waals surface area contributed by atoms with Crippen molar-refractivity contribution in [2.75, 3.05) is 6.79 Å². The summed E-state index contributed by atoms with van der Waals surface area (Å²) in [5.41, 5.74) is 1.43. The van der Waals surface area contributed by atoms with Crippen LogP contribution in [0.1, 0.15) is 38.9 Å². The highest BCUT2D eigenvalue weighted by Crippen LogP contribution is 2.44. The van der Waals surface area contributed by atoms with E-state index in [9.17, 15) is 4.79 Å².